The van der Waals surface area contributed by atoms with Crippen LogP contribution in [0.25, 0.3) is 11.0 Å². The van der Waals surface area contributed by atoms with Crippen molar-refractivity contribution in [1.29, 1.82) is 0 Å². The predicted molar refractivity (Wildman–Crippen MR) is 252 cm³/mol. The van der Waals surface area contributed by atoms with Crippen LogP contribution in [0.5, 0.6) is 0 Å². The Kier molecular flexibility index (Phi) is 11.5. The maximum Gasteiger partial charge on any atom is 0.329 e. The SMILES string of the molecule is Cc1cc(S(=O)(=O)NC2CC(N3CCN(CC4CCN(c5ccc6c(c5F)n(C)c(=O)n6C5CCC(=O)NC5=O)CC4)CC3)C2)ccc1Nc1ncc2c(n1)N(C1CCC[C@@H](O)C1)C(=O)C21CC1. The van der Waals surface area contributed by atoms with Crippen molar-refractivity contribution in [2.24, 2.45) is 13.0 Å². The number of piperidine rings is 2. The second-order valence-electron chi connectivity index (χ2n) is 20.4. The molecule has 2 aromatic heterocycles. The number of aliphatic hydroxyl groups is 1. The van der Waals surface area contributed by atoms with Gasteiger partial charge >= 0.3 is 5.69 Å². The van der Waals surface area contributed by atoms with Crippen molar-refractivity contribution >= 4 is 61.9 Å². The Morgan fingerprint density at radius 2 is 1.69 bits per heavy atom. The number of aromatic nitrogens is 4. The molecule has 3 atom stereocenters. The Morgan fingerprint density at radius 3 is 2.40 bits per heavy atom. The fourth-order valence-electron chi connectivity index (χ4n) is 12.0. The van der Waals surface area contributed by atoms with Crippen LogP contribution in [0.15, 0.2) is 46.2 Å². The van der Waals surface area contributed by atoms with Crippen molar-refractivity contribution in [3.8, 4) is 0 Å². The van der Waals surface area contributed by atoms with Gasteiger partial charge in [-0.2, -0.15) is 4.98 Å². The number of anilines is 4. The van der Waals surface area contributed by atoms with Crippen molar-refractivity contribution in [1.82, 2.24) is 38.9 Å². The van der Waals surface area contributed by atoms with Gasteiger partial charge in [0.15, 0.2) is 5.82 Å². The summed E-state index contributed by atoms with van der Waals surface area (Å²) in [7, 11) is -2.25. The molecule has 2 aromatic carbocycles. The molecule has 4 N–H and O–H groups in total. The van der Waals surface area contributed by atoms with Gasteiger partial charge in [-0.1, -0.05) is 0 Å². The van der Waals surface area contributed by atoms with Crippen LogP contribution in [0.1, 0.15) is 94.2 Å². The molecule has 2 unspecified atom stereocenters. The highest BCUT2D eigenvalue weighted by Crippen LogP contribution is 2.58. The number of sulfonamides is 1. The minimum absolute atomic E-state index is 0.0618. The standard InChI is InChI=1S/C48H60FN11O7S/c1-28-22-34(6-7-36(28)51-46-50-26-35-43(53-46)59(45(64)48(35)14-15-48)31-4-3-5-33(61)25-31)68(66,67)54-30-23-32(24-30)57-20-18-56(19-21-57)27-29-12-16-58(17-13-29)37-8-9-38-42(41(37)49)55(2)47(65)60(38)39-10-11-40(62)52-44(39)63/h6-9,22,26,29-33,39,54,61H,3-5,10-21,23-25,27H2,1-2H3,(H,50,51,53)(H,52,62,63)/t30?,31?,32?,33-,39?/m1/s1. The molecule has 3 saturated heterocycles. The molecule has 1 spiro atoms. The number of nitrogens with zero attached hydrogens (tertiary/aromatic N) is 8. The average Bonchev–Trinajstić information content (AvgIpc) is 4.02. The summed E-state index contributed by atoms with van der Waals surface area (Å²) in [6, 6.07) is 7.61. The van der Waals surface area contributed by atoms with E-state index >= 15 is 4.39 Å². The van der Waals surface area contributed by atoms with Gasteiger partial charge in [0.2, 0.25) is 33.7 Å². The normalized spacial score (nSPS) is 26.9. The number of hydrogen-bond acceptors (Lipinski definition) is 13. The van der Waals surface area contributed by atoms with Gasteiger partial charge in [0, 0.05) is 94.9 Å². The first kappa shape index (κ1) is 45.2. The number of halogens is 1. The molecular formula is C48H60FN11O7S. The van der Waals surface area contributed by atoms with E-state index in [1.807, 2.05) is 16.7 Å². The summed E-state index contributed by atoms with van der Waals surface area (Å²) in [5.74, 6) is 0.0771. The summed E-state index contributed by atoms with van der Waals surface area (Å²) in [5.41, 5.74) is 2.15. The lowest BCUT2D eigenvalue weighted by molar-refractivity contribution is -0.135. The van der Waals surface area contributed by atoms with Crippen LogP contribution < -0.4 is 30.8 Å². The Hall–Kier alpha value is -5.28. The summed E-state index contributed by atoms with van der Waals surface area (Å²) >= 11 is 0. The third-order valence-electron chi connectivity index (χ3n) is 16.1. The van der Waals surface area contributed by atoms with Gasteiger partial charge in [0.1, 0.15) is 17.4 Å². The lowest BCUT2D eigenvalue weighted by atomic mass is 9.86. The van der Waals surface area contributed by atoms with Gasteiger partial charge in [0.05, 0.1) is 27.6 Å². The monoisotopic (exact) mass is 953 g/mol. The largest absolute Gasteiger partial charge is 0.393 e. The zero-order valence-corrected chi connectivity index (χ0v) is 39.4. The minimum atomic E-state index is -3.76. The molecule has 11 rings (SSSR count). The van der Waals surface area contributed by atoms with Crippen molar-refractivity contribution in [3.05, 3.63) is 64.0 Å². The van der Waals surface area contributed by atoms with Crippen molar-refractivity contribution in [2.75, 3.05) is 60.9 Å². The second kappa shape index (κ2) is 17.3. The first-order valence-electron chi connectivity index (χ1n) is 24.4. The molecule has 6 heterocycles. The average molecular weight is 954 g/mol. The number of benzene rings is 2. The molecule has 3 aliphatic carbocycles. The highest BCUT2D eigenvalue weighted by atomic mass is 32.2. The fourth-order valence-corrected chi connectivity index (χ4v) is 13.3. The van der Waals surface area contributed by atoms with E-state index in [2.05, 4.69) is 30.1 Å². The molecular weight excluding hydrogens is 894 g/mol. The van der Waals surface area contributed by atoms with E-state index in [9.17, 15) is 32.7 Å². The number of carbonyl (C=O) groups is 3. The first-order valence-corrected chi connectivity index (χ1v) is 25.9. The number of fused-ring (bicyclic) bond motifs is 3. The van der Waals surface area contributed by atoms with Gasteiger partial charge in [-0.25, -0.2) is 27.3 Å². The third kappa shape index (κ3) is 7.98. The number of rotatable bonds is 11. The van der Waals surface area contributed by atoms with Crippen molar-refractivity contribution in [2.45, 2.75) is 125 Å². The number of aliphatic hydroxyl groups excluding tert-OH is 1. The van der Waals surface area contributed by atoms with E-state index in [0.717, 1.165) is 102 Å². The number of nitrogens with one attached hydrogen (secondary N) is 3. The summed E-state index contributed by atoms with van der Waals surface area (Å²) in [4.78, 5) is 69.7. The lowest BCUT2D eigenvalue weighted by Gasteiger charge is -2.47. The summed E-state index contributed by atoms with van der Waals surface area (Å²) in [6.07, 6.45) is 9.48. The van der Waals surface area contributed by atoms with Crippen LogP contribution in [0.3, 0.4) is 0 Å². The van der Waals surface area contributed by atoms with E-state index in [0.29, 0.717) is 60.1 Å². The van der Waals surface area contributed by atoms with Gasteiger partial charge in [-0.3, -0.25) is 38.6 Å². The Morgan fingerprint density at radius 1 is 0.926 bits per heavy atom. The molecule has 4 aliphatic heterocycles. The van der Waals surface area contributed by atoms with Gasteiger partial charge < -0.3 is 20.2 Å². The number of imide groups is 1. The number of piperazine rings is 1. The smallest absolute Gasteiger partial charge is 0.329 e. The Balaban J connectivity index is 0.641. The molecule has 0 bridgehead atoms. The Labute approximate surface area is 394 Å². The molecule has 3 amide bonds. The highest BCUT2D eigenvalue weighted by molar-refractivity contribution is 7.89. The van der Waals surface area contributed by atoms with Crippen LogP contribution in [-0.2, 0) is 36.9 Å². The molecule has 20 heteroatoms. The second-order valence-corrected chi connectivity index (χ2v) is 22.1. The summed E-state index contributed by atoms with van der Waals surface area (Å²) in [6.45, 7) is 7.92. The predicted octanol–water partition coefficient (Wildman–Crippen LogP) is 3.32. The van der Waals surface area contributed by atoms with Crippen LogP contribution in [0.2, 0.25) is 0 Å². The lowest BCUT2D eigenvalue weighted by Crippen LogP contribution is -2.58. The Bertz CT molecular complexity index is 2860. The van der Waals surface area contributed by atoms with Gasteiger partial charge in [-0.15, -0.1) is 0 Å². The maximum absolute atomic E-state index is 16.2. The molecule has 362 valence electrons. The first-order chi connectivity index (χ1) is 32.7. The number of aryl methyl sites for hydroxylation is 2. The van der Waals surface area contributed by atoms with Gasteiger partial charge in [0.25, 0.3) is 0 Å². The van der Waals surface area contributed by atoms with E-state index in [1.165, 1.54) is 16.2 Å². The summed E-state index contributed by atoms with van der Waals surface area (Å²) in [5, 5.41) is 15.9. The number of hydrogen-bond donors (Lipinski definition) is 4. The molecule has 4 aromatic rings. The molecule has 3 saturated carbocycles. The fraction of sp³-hybridized carbons (Fsp3) is 0.583. The van der Waals surface area contributed by atoms with Crippen molar-refractivity contribution < 1.29 is 32.3 Å². The third-order valence-corrected chi connectivity index (χ3v) is 17.7. The van der Waals surface area contributed by atoms with E-state index in [-0.39, 0.29) is 47.2 Å². The summed E-state index contributed by atoms with van der Waals surface area (Å²) < 4.78 is 48.9. The van der Waals surface area contributed by atoms with Crippen LogP contribution in [0, 0.1) is 18.7 Å². The minimum Gasteiger partial charge on any atom is -0.393 e. The highest BCUT2D eigenvalue weighted by Gasteiger charge is 2.61. The van der Waals surface area contributed by atoms with E-state index < -0.39 is 45.0 Å². The van der Waals surface area contributed by atoms with Crippen LogP contribution in [0.4, 0.5) is 27.5 Å². The molecule has 68 heavy (non-hydrogen) atoms. The van der Waals surface area contributed by atoms with E-state index in [4.69, 9.17) is 4.98 Å². The van der Waals surface area contributed by atoms with Crippen molar-refractivity contribution in [3.63, 3.8) is 0 Å². The molecule has 7 aliphatic rings. The zero-order chi connectivity index (χ0) is 47.2. The number of imidazole rings is 1. The van der Waals surface area contributed by atoms with Crippen LogP contribution in [-0.4, -0.2) is 130 Å². The molecule has 18 nitrogen and oxygen atoms in total. The number of carbonyl (C=O) groups excluding carboxylic acids is 3. The van der Waals surface area contributed by atoms with Crippen LogP contribution >= 0.6 is 0 Å². The van der Waals surface area contributed by atoms with Gasteiger partial charge in [-0.05, 0) is 119 Å². The quantitative estimate of drug-likeness (QED) is 0.160. The number of amides is 3. The maximum atomic E-state index is 16.2. The zero-order valence-electron chi connectivity index (χ0n) is 38.6. The van der Waals surface area contributed by atoms with E-state index in [1.54, 1.807) is 36.5 Å². The molecule has 0 radical (unpaired) electrons. The topological polar surface area (TPSA) is 207 Å². The molecule has 6 fully saturated rings.